The maximum Gasteiger partial charge on any atom is 0.328 e. The number of nitrogens with one attached hydrogen (secondary N) is 2. The number of carbonyl (C=O) groups excluding carboxylic acids is 3. The number of ether oxygens (including phenoxy) is 2. The monoisotopic (exact) mass is 354 g/mol. The molecule has 2 aromatic carbocycles. The van der Waals surface area contributed by atoms with Crippen molar-refractivity contribution in [3.8, 4) is 11.5 Å². The third-order valence-electron chi connectivity index (χ3n) is 4.01. The van der Waals surface area contributed by atoms with E-state index in [1.165, 1.54) is 7.11 Å². The molecular formula is C19H18N2O5. The molecule has 0 spiro atoms. The number of amides is 4. The van der Waals surface area contributed by atoms with Crippen molar-refractivity contribution in [2.75, 3.05) is 7.11 Å². The zero-order valence-corrected chi connectivity index (χ0v) is 14.2. The molecule has 2 aromatic rings. The first-order valence-corrected chi connectivity index (χ1v) is 8.06. The van der Waals surface area contributed by atoms with Crippen molar-refractivity contribution in [3.63, 3.8) is 0 Å². The van der Waals surface area contributed by atoms with Gasteiger partial charge in [-0.05, 0) is 29.7 Å². The molecule has 7 heteroatoms. The molecule has 0 aromatic heterocycles. The van der Waals surface area contributed by atoms with Gasteiger partial charge in [-0.15, -0.1) is 0 Å². The Morgan fingerprint density at radius 1 is 0.885 bits per heavy atom. The lowest BCUT2D eigenvalue weighted by atomic mass is 9.96. The minimum atomic E-state index is -0.964. The Bertz CT molecular complexity index is 815. The van der Waals surface area contributed by atoms with Gasteiger partial charge in [-0.2, -0.15) is 0 Å². The highest BCUT2D eigenvalue weighted by atomic mass is 16.5. The largest absolute Gasteiger partial charge is 0.493 e. The fourth-order valence-corrected chi connectivity index (χ4v) is 2.66. The molecule has 0 saturated carbocycles. The molecule has 1 fully saturated rings. The summed E-state index contributed by atoms with van der Waals surface area (Å²) in [5.41, 5.74) is 1.75. The first-order valence-electron chi connectivity index (χ1n) is 8.06. The van der Waals surface area contributed by atoms with E-state index in [1.807, 2.05) is 30.3 Å². The van der Waals surface area contributed by atoms with Gasteiger partial charge in [0.1, 0.15) is 12.5 Å². The normalized spacial score (nSPS) is 14.6. The number of hydrogen-bond donors (Lipinski definition) is 2. The van der Waals surface area contributed by atoms with Crippen LogP contribution in [0.4, 0.5) is 4.79 Å². The maximum atomic E-state index is 11.9. The van der Waals surface area contributed by atoms with Gasteiger partial charge in [0.05, 0.1) is 7.11 Å². The molecule has 1 heterocycles. The second kappa shape index (κ2) is 7.69. The number of barbiturate groups is 1. The van der Waals surface area contributed by atoms with E-state index in [0.717, 1.165) is 11.1 Å². The maximum absolute atomic E-state index is 11.9. The second-order valence-electron chi connectivity index (χ2n) is 5.82. The van der Waals surface area contributed by atoms with Gasteiger partial charge < -0.3 is 9.47 Å². The van der Waals surface area contributed by atoms with Gasteiger partial charge in [0, 0.05) is 0 Å². The first kappa shape index (κ1) is 17.5. The zero-order chi connectivity index (χ0) is 18.5. The van der Waals surface area contributed by atoms with Crippen LogP contribution >= 0.6 is 0 Å². The predicted molar refractivity (Wildman–Crippen MR) is 92.6 cm³/mol. The summed E-state index contributed by atoms with van der Waals surface area (Å²) in [5.74, 6) is -1.11. The summed E-state index contributed by atoms with van der Waals surface area (Å²) in [6.45, 7) is 0.395. The fourth-order valence-electron chi connectivity index (χ4n) is 2.66. The summed E-state index contributed by atoms with van der Waals surface area (Å²) in [6.07, 6.45) is 0.153. The van der Waals surface area contributed by atoms with Crippen molar-refractivity contribution in [2.45, 2.75) is 13.0 Å². The van der Waals surface area contributed by atoms with E-state index in [9.17, 15) is 14.4 Å². The van der Waals surface area contributed by atoms with E-state index in [4.69, 9.17) is 9.47 Å². The van der Waals surface area contributed by atoms with Gasteiger partial charge in [-0.3, -0.25) is 20.2 Å². The Labute approximate surface area is 150 Å². The van der Waals surface area contributed by atoms with E-state index < -0.39 is 23.8 Å². The summed E-state index contributed by atoms with van der Waals surface area (Å²) in [4.78, 5) is 34.8. The molecule has 4 amide bonds. The van der Waals surface area contributed by atoms with Gasteiger partial charge in [0.15, 0.2) is 11.5 Å². The number of benzene rings is 2. The van der Waals surface area contributed by atoms with Crippen molar-refractivity contribution < 1.29 is 23.9 Å². The number of urea groups is 1. The smallest absolute Gasteiger partial charge is 0.328 e. The van der Waals surface area contributed by atoms with Gasteiger partial charge in [-0.1, -0.05) is 36.4 Å². The molecule has 1 aliphatic heterocycles. The van der Waals surface area contributed by atoms with Gasteiger partial charge in [-0.25, -0.2) is 4.79 Å². The number of carbonyl (C=O) groups is 3. The molecule has 0 radical (unpaired) electrons. The van der Waals surface area contributed by atoms with E-state index in [1.54, 1.807) is 18.2 Å². The van der Waals surface area contributed by atoms with Crippen LogP contribution in [0.3, 0.4) is 0 Å². The zero-order valence-electron chi connectivity index (χ0n) is 14.2. The number of methoxy groups -OCH3 is 1. The van der Waals surface area contributed by atoms with Crippen LogP contribution in [0.15, 0.2) is 48.5 Å². The Hall–Kier alpha value is -3.35. The average Bonchev–Trinajstić information content (AvgIpc) is 2.64. The Morgan fingerprint density at radius 3 is 2.23 bits per heavy atom. The molecule has 3 rings (SSSR count). The van der Waals surface area contributed by atoms with Crippen LogP contribution in [-0.4, -0.2) is 25.0 Å². The fraction of sp³-hybridized carbons (Fsp3) is 0.211. The molecule has 7 nitrogen and oxygen atoms in total. The molecule has 1 saturated heterocycles. The second-order valence-corrected chi connectivity index (χ2v) is 5.82. The summed E-state index contributed by atoms with van der Waals surface area (Å²) in [7, 11) is 1.52. The van der Waals surface area contributed by atoms with Crippen molar-refractivity contribution >= 4 is 17.8 Å². The SMILES string of the molecule is COc1cc(CC2C(=O)NC(=O)NC2=O)ccc1OCc1ccccc1. The molecule has 0 bridgehead atoms. The summed E-state index contributed by atoms with van der Waals surface area (Å²) in [5, 5.41) is 4.19. The van der Waals surface area contributed by atoms with Crippen LogP contribution in [0.5, 0.6) is 11.5 Å². The third-order valence-corrected chi connectivity index (χ3v) is 4.01. The Morgan fingerprint density at radius 2 is 1.58 bits per heavy atom. The number of imide groups is 2. The highest BCUT2D eigenvalue weighted by Crippen LogP contribution is 2.30. The van der Waals surface area contributed by atoms with E-state index >= 15 is 0 Å². The molecule has 0 unspecified atom stereocenters. The van der Waals surface area contributed by atoms with E-state index in [0.29, 0.717) is 18.1 Å². The molecule has 134 valence electrons. The lowest BCUT2D eigenvalue weighted by molar-refractivity contribution is -0.135. The van der Waals surface area contributed by atoms with Crippen molar-refractivity contribution in [3.05, 3.63) is 59.7 Å². The van der Waals surface area contributed by atoms with Gasteiger partial charge in [0.2, 0.25) is 11.8 Å². The molecule has 1 aliphatic rings. The van der Waals surface area contributed by atoms with Crippen LogP contribution < -0.4 is 20.1 Å². The summed E-state index contributed by atoms with van der Waals surface area (Å²) >= 11 is 0. The lowest BCUT2D eigenvalue weighted by Crippen LogP contribution is -2.56. The lowest BCUT2D eigenvalue weighted by Gasteiger charge is -2.21. The molecule has 0 aliphatic carbocycles. The van der Waals surface area contributed by atoms with E-state index in [-0.39, 0.29) is 6.42 Å². The van der Waals surface area contributed by atoms with Gasteiger partial charge in [0.25, 0.3) is 0 Å². The minimum absolute atomic E-state index is 0.153. The molecule has 0 atom stereocenters. The molecular weight excluding hydrogens is 336 g/mol. The number of hydrogen-bond acceptors (Lipinski definition) is 5. The third kappa shape index (κ3) is 4.00. The highest BCUT2D eigenvalue weighted by Gasteiger charge is 2.34. The van der Waals surface area contributed by atoms with Crippen LogP contribution in [0, 0.1) is 5.92 Å². The van der Waals surface area contributed by atoms with Crippen LogP contribution in [0.2, 0.25) is 0 Å². The van der Waals surface area contributed by atoms with Crippen LogP contribution in [0.1, 0.15) is 11.1 Å². The highest BCUT2D eigenvalue weighted by molar-refractivity contribution is 6.16. The predicted octanol–water partition coefficient (Wildman–Crippen LogP) is 1.80. The minimum Gasteiger partial charge on any atom is -0.493 e. The Kier molecular flexibility index (Phi) is 5.17. The quantitative estimate of drug-likeness (QED) is 0.772. The van der Waals surface area contributed by atoms with Crippen LogP contribution in [-0.2, 0) is 22.6 Å². The average molecular weight is 354 g/mol. The first-order chi connectivity index (χ1) is 12.6. The van der Waals surface area contributed by atoms with E-state index in [2.05, 4.69) is 10.6 Å². The Balaban J connectivity index is 1.71. The number of rotatable bonds is 6. The van der Waals surface area contributed by atoms with Crippen molar-refractivity contribution in [2.24, 2.45) is 5.92 Å². The standard InChI is InChI=1S/C19H18N2O5/c1-25-16-10-13(9-14-17(22)20-19(24)21-18(14)23)7-8-15(16)26-11-12-5-3-2-4-6-12/h2-8,10,14H,9,11H2,1H3,(H2,20,21,22,23,24). The molecule has 26 heavy (non-hydrogen) atoms. The van der Waals surface area contributed by atoms with Crippen LogP contribution in [0.25, 0.3) is 0 Å². The summed E-state index contributed by atoms with van der Waals surface area (Å²) in [6, 6.07) is 14.2. The molecule has 2 N–H and O–H groups in total. The summed E-state index contributed by atoms with van der Waals surface area (Å²) < 4.78 is 11.1. The van der Waals surface area contributed by atoms with Crippen molar-refractivity contribution in [1.82, 2.24) is 10.6 Å². The van der Waals surface area contributed by atoms with Gasteiger partial charge >= 0.3 is 6.03 Å². The topological polar surface area (TPSA) is 93.7 Å². The van der Waals surface area contributed by atoms with Crippen molar-refractivity contribution in [1.29, 1.82) is 0 Å².